The van der Waals surface area contributed by atoms with E-state index in [0.29, 0.717) is 22.9 Å². The summed E-state index contributed by atoms with van der Waals surface area (Å²) in [5.74, 6) is 1.91. The molecule has 4 rings (SSSR count). The van der Waals surface area contributed by atoms with Crippen LogP contribution in [-0.4, -0.2) is 36.9 Å². The van der Waals surface area contributed by atoms with Crippen LogP contribution in [0.3, 0.4) is 0 Å². The average Bonchev–Trinajstić information content (AvgIpc) is 2.78. The summed E-state index contributed by atoms with van der Waals surface area (Å²) in [6.07, 6.45) is 2.13. The largest absolute Gasteiger partial charge is 0.497 e. The van der Waals surface area contributed by atoms with Crippen molar-refractivity contribution in [2.75, 3.05) is 31.0 Å². The van der Waals surface area contributed by atoms with E-state index in [2.05, 4.69) is 38.6 Å². The molecule has 0 radical (unpaired) electrons. The highest BCUT2D eigenvalue weighted by Gasteiger charge is 2.19. The molecule has 7 nitrogen and oxygen atoms in total. The molecule has 0 spiro atoms. The Hall–Kier alpha value is -3.61. The minimum Gasteiger partial charge on any atom is -0.497 e. The van der Waals surface area contributed by atoms with E-state index in [1.165, 1.54) is 5.56 Å². The number of hydrogen-bond acceptors (Lipinski definition) is 6. The first-order valence-corrected chi connectivity index (χ1v) is 9.41. The molecule has 148 valence electrons. The van der Waals surface area contributed by atoms with Crippen molar-refractivity contribution in [3.63, 3.8) is 0 Å². The summed E-state index contributed by atoms with van der Waals surface area (Å²) in [6.45, 7) is 0.890. The Morgan fingerprint density at radius 1 is 1.00 bits per heavy atom. The number of aromatic nitrogens is 2. The van der Waals surface area contributed by atoms with Gasteiger partial charge in [0.2, 0.25) is 0 Å². The molecule has 0 aliphatic carbocycles. The maximum atomic E-state index is 12.6. The number of nitrogens with one attached hydrogen (secondary N) is 1. The van der Waals surface area contributed by atoms with E-state index in [9.17, 15) is 4.79 Å². The highest BCUT2D eigenvalue weighted by molar-refractivity contribution is 6.04. The fourth-order valence-corrected chi connectivity index (χ4v) is 3.43. The van der Waals surface area contributed by atoms with Gasteiger partial charge in [0.25, 0.3) is 5.91 Å². The Balaban J connectivity index is 1.52. The molecule has 1 aliphatic rings. The number of amides is 1. The lowest BCUT2D eigenvalue weighted by Crippen LogP contribution is -2.25. The van der Waals surface area contributed by atoms with Crippen LogP contribution < -0.4 is 19.7 Å². The van der Waals surface area contributed by atoms with Crippen LogP contribution in [0.4, 0.5) is 17.3 Å². The van der Waals surface area contributed by atoms with E-state index in [0.717, 1.165) is 30.9 Å². The van der Waals surface area contributed by atoms with Crippen LogP contribution in [0.25, 0.3) is 0 Å². The van der Waals surface area contributed by atoms with Crippen molar-refractivity contribution in [2.45, 2.75) is 12.8 Å². The Bertz CT molecular complexity index is 999. The van der Waals surface area contributed by atoms with E-state index in [1.807, 2.05) is 12.1 Å². The van der Waals surface area contributed by atoms with Crippen LogP contribution in [-0.2, 0) is 6.42 Å². The zero-order valence-electron chi connectivity index (χ0n) is 16.4. The summed E-state index contributed by atoms with van der Waals surface area (Å²) in [5, 5.41) is 11.3. The Labute approximate surface area is 169 Å². The number of carbonyl (C=O) groups excluding carboxylic acids is 1. The molecule has 29 heavy (non-hydrogen) atoms. The van der Waals surface area contributed by atoms with Crippen molar-refractivity contribution in [1.29, 1.82) is 0 Å². The molecular formula is C22H22N4O3. The molecule has 3 aromatic rings. The molecule has 2 heterocycles. The maximum Gasteiger partial charge on any atom is 0.257 e. The average molecular weight is 390 g/mol. The molecule has 0 atom stereocenters. The van der Waals surface area contributed by atoms with Gasteiger partial charge in [0, 0.05) is 23.9 Å². The van der Waals surface area contributed by atoms with Crippen molar-refractivity contribution in [3.05, 3.63) is 65.7 Å². The number of nitrogens with zero attached hydrogens (tertiary/aromatic N) is 3. The van der Waals surface area contributed by atoms with Crippen LogP contribution in [0.15, 0.2) is 54.6 Å². The number of carbonyl (C=O) groups is 1. The molecule has 2 aromatic carbocycles. The van der Waals surface area contributed by atoms with Gasteiger partial charge in [0.15, 0.2) is 11.6 Å². The molecule has 0 bridgehead atoms. The van der Waals surface area contributed by atoms with Gasteiger partial charge in [-0.25, -0.2) is 0 Å². The number of para-hydroxylation sites is 1. The lowest BCUT2D eigenvalue weighted by molar-refractivity contribution is 0.102. The van der Waals surface area contributed by atoms with E-state index in [4.69, 9.17) is 9.47 Å². The van der Waals surface area contributed by atoms with Gasteiger partial charge in [-0.05, 0) is 48.7 Å². The third kappa shape index (κ3) is 3.99. The standard InChI is InChI=1S/C22H22N4O3/c1-28-17-12-16(13-18(14-17)29-2)22(27)23-20-9-10-21(25-24-20)26-11-5-7-15-6-3-4-8-19(15)26/h3-4,6,8-10,12-14H,5,7,11H2,1-2H3,(H,23,24,27). The number of ether oxygens (including phenoxy) is 2. The monoisotopic (exact) mass is 390 g/mol. The van der Waals surface area contributed by atoms with E-state index < -0.39 is 0 Å². The van der Waals surface area contributed by atoms with Crippen LogP contribution >= 0.6 is 0 Å². The van der Waals surface area contributed by atoms with Crippen LogP contribution in [0.1, 0.15) is 22.3 Å². The van der Waals surface area contributed by atoms with Gasteiger partial charge in [-0.3, -0.25) is 4.79 Å². The van der Waals surface area contributed by atoms with E-state index in [-0.39, 0.29) is 5.91 Å². The number of anilines is 3. The molecule has 0 saturated heterocycles. The molecule has 0 saturated carbocycles. The second kappa shape index (κ2) is 8.18. The van der Waals surface area contributed by atoms with Crippen LogP contribution in [0.2, 0.25) is 0 Å². The number of aryl methyl sites for hydroxylation is 1. The Morgan fingerprint density at radius 2 is 1.76 bits per heavy atom. The van der Waals surface area contributed by atoms with Crippen molar-refractivity contribution in [1.82, 2.24) is 10.2 Å². The van der Waals surface area contributed by atoms with Crippen molar-refractivity contribution < 1.29 is 14.3 Å². The zero-order chi connectivity index (χ0) is 20.2. The summed E-state index contributed by atoms with van der Waals surface area (Å²) in [4.78, 5) is 14.8. The molecule has 0 fully saturated rings. The summed E-state index contributed by atoms with van der Waals surface area (Å²) < 4.78 is 10.4. The van der Waals surface area contributed by atoms with Crippen molar-refractivity contribution in [2.24, 2.45) is 0 Å². The summed E-state index contributed by atoms with van der Waals surface area (Å²) in [7, 11) is 3.08. The van der Waals surface area contributed by atoms with Gasteiger partial charge >= 0.3 is 0 Å². The number of methoxy groups -OCH3 is 2. The topological polar surface area (TPSA) is 76.6 Å². The third-order valence-electron chi connectivity index (χ3n) is 4.89. The van der Waals surface area contributed by atoms with Gasteiger partial charge in [0.1, 0.15) is 11.5 Å². The van der Waals surface area contributed by atoms with Crippen LogP contribution in [0.5, 0.6) is 11.5 Å². The first kappa shape index (κ1) is 18.7. The second-order valence-corrected chi connectivity index (χ2v) is 6.72. The number of fused-ring (bicyclic) bond motifs is 1. The smallest absolute Gasteiger partial charge is 0.257 e. The highest BCUT2D eigenvalue weighted by Crippen LogP contribution is 2.32. The summed E-state index contributed by atoms with van der Waals surface area (Å²) >= 11 is 0. The van der Waals surface area contributed by atoms with E-state index >= 15 is 0 Å². The molecule has 0 unspecified atom stereocenters. The quantitative estimate of drug-likeness (QED) is 0.714. The highest BCUT2D eigenvalue weighted by atomic mass is 16.5. The molecule has 1 aromatic heterocycles. The van der Waals surface area contributed by atoms with Gasteiger partial charge in [-0.1, -0.05) is 18.2 Å². The fraction of sp³-hybridized carbons (Fsp3) is 0.227. The minimum absolute atomic E-state index is 0.312. The first-order valence-electron chi connectivity index (χ1n) is 9.41. The molecule has 7 heteroatoms. The number of rotatable bonds is 5. The number of hydrogen-bond donors (Lipinski definition) is 1. The maximum absolute atomic E-state index is 12.6. The van der Waals surface area contributed by atoms with Gasteiger partial charge in [-0.2, -0.15) is 0 Å². The molecule has 1 aliphatic heterocycles. The Kier molecular flexibility index (Phi) is 5.29. The molecular weight excluding hydrogens is 368 g/mol. The number of benzene rings is 2. The van der Waals surface area contributed by atoms with E-state index in [1.54, 1.807) is 38.5 Å². The second-order valence-electron chi connectivity index (χ2n) is 6.72. The van der Waals surface area contributed by atoms with Gasteiger partial charge in [0.05, 0.1) is 14.2 Å². The Morgan fingerprint density at radius 3 is 2.45 bits per heavy atom. The van der Waals surface area contributed by atoms with Gasteiger partial charge < -0.3 is 19.7 Å². The van der Waals surface area contributed by atoms with Crippen molar-refractivity contribution >= 4 is 23.2 Å². The third-order valence-corrected chi connectivity index (χ3v) is 4.89. The lowest BCUT2D eigenvalue weighted by Gasteiger charge is -2.29. The van der Waals surface area contributed by atoms with Crippen molar-refractivity contribution in [3.8, 4) is 11.5 Å². The molecule has 1 amide bonds. The van der Waals surface area contributed by atoms with Crippen LogP contribution in [0, 0.1) is 0 Å². The zero-order valence-corrected chi connectivity index (χ0v) is 16.4. The summed E-state index contributed by atoms with van der Waals surface area (Å²) in [6, 6.07) is 17.0. The molecule has 1 N–H and O–H groups in total. The lowest BCUT2D eigenvalue weighted by atomic mass is 10.0. The first-order chi connectivity index (χ1) is 14.2. The minimum atomic E-state index is -0.312. The predicted octanol–water partition coefficient (Wildman–Crippen LogP) is 3.83. The summed E-state index contributed by atoms with van der Waals surface area (Å²) in [5.41, 5.74) is 2.88. The fourth-order valence-electron chi connectivity index (χ4n) is 3.43. The predicted molar refractivity (Wildman–Crippen MR) is 111 cm³/mol. The van der Waals surface area contributed by atoms with Gasteiger partial charge in [-0.15, -0.1) is 10.2 Å². The normalized spacial score (nSPS) is 12.8. The SMILES string of the molecule is COc1cc(OC)cc(C(=O)Nc2ccc(N3CCCc4ccccc43)nn2)c1.